The predicted molar refractivity (Wildman–Crippen MR) is 117 cm³/mol. The maximum atomic E-state index is 12.5. The number of aromatic nitrogens is 2. The molecule has 1 heterocycles. The third-order valence-electron chi connectivity index (χ3n) is 6.03. The van der Waals surface area contributed by atoms with Gasteiger partial charge in [-0.05, 0) is 60.4 Å². The number of anilines is 2. The number of hydrogen-bond donors (Lipinski definition) is 2. The van der Waals surface area contributed by atoms with Crippen LogP contribution < -0.4 is 16.2 Å². The topological polar surface area (TPSA) is 79.1 Å². The lowest BCUT2D eigenvalue weighted by Crippen LogP contribution is -2.29. The number of hydrogen-bond acceptors (Lipinski definition) is 4. The zero-order chi connectivity index (χ0) is 22.6. The van der Waals surface area contributed by atoms with Crippen molar-refractivity contribution in [2.45, 2.75) is 52.4 Å². The molecule has 2 aromatic carbocycles. The number of fused-ring (bicyclic) bond motifs is 1. The highest BCUT2D eigenvalue weighted by Gasteiger charge is 2.35. The largest absolute Gasteiger partial charge is 0.573 e. The summed E-state index contributed by atoms with van der Waals surface area (Å²) in [5.74, 6) is 0.708. The second-order valence-corrected chi connectivity index (χ2v) is 9.38. The number of ether oxygens (including phenoxy) is 1. The van der Waals surface area contributed by atoms with E-state index in [1.54, 1.807) is 18.2 Å². The number of nitrogens with zero attached hydrogens (tertiary/aromatic N) is 2. The highest BCUT2D eigenvalue weighted by atomic mass is 19.4. The molecule has 31 heavy (non-hydrogen) atoms. The van der Waals surface area contributed by atoms with Crippen molar-refractivity contribution in [1.82, 2.24) is 9.55 Å². The van der Waals surface area contributed by atoms with E-state index in [1.807, 2.05) is 6.07 Å². The fourth-order valence-electron chi connectivity index (χ4n) is 5.20. The Morgan fingerprint density at radius 2 is 1.74 bits per heavy atom. The molecule has 0 saturated heterocycles. The van der Waals surface area contributed by atoms with Crippen LogP contribution in [-0.4, -0.2) is 15.9 Å². The lowest BCUT2D eigenvalue weighted by Gasteiger charge is -2.40. The molecule has 2 atom stereocenters. The predicted octanol–water partition coefficient (Wildman–Crippen LogP) is 6.15. The smallest absolute Gasteiger partial charge is 0.406 e. The first-order chi connectivity index (χ1) is 14.4. The molecule has 8 heteroatoms. The summed E-state index contributed by atoms with van der Waals surface area (Å²) in [5, 5.41) is 0. The van der Waals surface area contributed by atoms with Crippen LogP contribution in [-0.2, 0) is 0 Å². The summed E-state index contributed by atoms with van der Waals surface area (Å²) in [7, 11) is 0. The molecule has 0 aliphatic heterocycles. The Morgan fingerprint density at radius 3 is 2.35 bits per heavy atom. The van der Waals surface area contributed by atoms with Crippen LogP contribution in [0.3, 0.4) is 0 Å². The minimum absolute atomic E-state index is 0.205. The molecule has 0 unspecified atom stereocenters. The monoisotopic (exact) mass is 432 g/mol. The first kappa shape index (κ1) is 21.3. The van der Waals surface area contributed by atoms with E-state index in [2.05, 4.69) is 35.1 Å². The highest BCUT2D eigenvalue weighted by molar-refractivity contribution is 5.99. The van der Waals surface area contributed by atoms with Crippen molar-refractivity contribution < 1.29 is 17.9 Å². The average Bonchev–Trinajstić information content (AvgIpc) is 2.95. The van der Waals surface area contributed by atoms with E-state index in [9.17, 15) is 13.2 Å². The standard InChI is InChI=1S/C23H27F3N4O/c1-13-10-15(12-22(2,3)11-13)30-18-9-8-17(27)19(20(18)29-21(30)28)14-4-6-16(7-5-14)31-23(24,25)26/h4-9,13,15H,10-12,27H2,1-3H3,(H2,28,29)/t13-,15+/m0/s1. The number of halogens is 3. The van der Waals surface area contributed by atoms with Gasteiger partial charge in [0.05, 0.1) is 5.52 Å². The molecule has 3 aromatic rings. The van der Waals surface area contributed by atoms with E-state index >= 15 is 0 Å². The lowest BCUT2D eigenvalue weighted by molar-refractivity contribution is -0.274. The molecule has 0 amide bonds. The lowest BCUT2D eigenvalue weighted by atomic mass is 9.70. The Kier molecular flexibility index (Phi) is 5.06. The number of alkyl halides is 3. The van der Waals surface area contributed by atoms with Crippen molar-refractivity contribution in [1.29, 1.82) is 0 Å². The Morgan fingerprint density at radius 1 is 1.06 bits per heavy atom. The van der Waals surface area contributed by atoms with Gasteiger partial charge in [-0.1, -0.05) is 32.9 Å². The molecule has 1 fully saturated rings. The zero-order valence-corrected chi connectivity index (χ0v) is 17.8. The summed E-state index contributed by atoms with van der Waals surface area (Å²) in [6.45, 7) is 6.81. The van der Waals surface area contributed by atoms with Crippen LogP contribution in [0.2, 0.25) is 0 Å². The number of nitrogens with two attached hydrogens (primary N) is 2. The first-order valence-electron chi connectivity index (χ1n) is 10.4. The molecular formula is C23H27F3N4O. The van der Waals surface area contributed by atoms with E-state index in [1.165, 1.54) is 18.6 Å². The Balaban J connectivity index is 1.78. The van der Waals surface area contributed by atoms with Crippen molar-refractivity contribution in [3.8, 4) is 16.9 Å². The second-order valence-electron chi connectivity index (χ2n) is 9.38. The third kappa shape index (κ3) is 4.29. The van der Waals surface area contributed by atoms with E-state index < -0.39 is 6.36 Å². The summed E-state index contributed by atoms with van der Waals surface area (Å²) >= 11 is 0. The van der Waals surface area contributed by atoms with Crippen LogP contribution in [0, 0.1) is 11.3 Å². The van der Waals surface area contributed by atoms with E-state index in [-0.39, 0.29) is 17.2 Å². The maximum absolute atomic E-state index is 12.5. The molecular weight excluding hydrogens is 405 g/mol. The van der Waals surface area contributed by atoms with Gasteiger partial charge in [0.25, 0.3) is 0 Å². The number of rotatable bonds is 3. The summed E-state index contributed by atoms with van der Waals surface area (Å²) < 4.78 is 43.5. The summed E-state index contributed by atoms with van der Waals surface area (Å²) in [6.07, 6.45) is -1.56. The van der Waals surface area contributed by atoms with Gasteiger partial charge in [0, 0.05) is 17.3 Å². The van der Waals surface area contributed by atoms with Crippen LogP contribution in [0.25, 0.3) is 22.2 Å². The molecule has 1 aromatic heterocycles. The third-order valence-corrected chi connectivity index (χ3v) is 6.03. The number of nitrogen functional groups attached to an aromatic ring is 2. The van der Waals surface area contributed by atoms with Crippen LogP contribution in [0.4, 0.5) is 24.8 Å². The second kappa shape index (κ2) is 7.35. The molecule has 4 rings (SSSR count). The van der Waals surface area contributed by atoms with Gasteiger partial charge in [-0.25, -0.2) is 4.98 Å². The molecule has 1 saturated carbocycles. The van der Waals surface area contributed by atoms with Gasteiger partial charge >= 0.3 is 6.36 Å². The Hall–Kier alpha value is -2.90. The van der Waals surface area contributed by atoms with Gasteiger partial charge in [-0.2, -0.15) is 0 Å². The van der Waals surface area contributed by atoms with E-state index in [0.717, 1.165) is 18.4 Å². The van der Waals surface area contributed by atoms with E-state index in [4.69, 9.17) is 11.5 Å². The maximum Gasteiger partial charge on any atom is 0.573 e. The van der Waals surface area contributed by atoms with Gasteiger partial charge in [0.15, 0.2) is 0 Å². The van der Waals surface area contributed by atoms with Gasteiger partial charge in [0.1, 0.15) is 11.3 Å². The quantitative estimate of drug-likeness (QED) is 0.486. The van der Waals surface area contributed by atoms with Crippen LogP contribution in [0.1, 0.15) is 46.1 Å². The number of benzene rings is 2. The molecule has 0 radical (unpaired) electrons. The minimum atomic E-state index is -4.74. The van der Waals surface area contributed by atoms with E-state index in [0.29, 0.717) is 34.2 Å². The van der Waals surface area contributed by atoms with Crippen LogP contribution in [0.15, 0.2) is 36.4 Å². The van der Waals surface area contributed by atoms with Gasteiger partial charge < -0.3 is 20.8 Å². The number of imidazole rings is 1. The van der Waals surface area contributed by atoms with Gasteiger partial charge in [-0.15, -0.1) is 13.2 Å². The van der Waals surface area contributed by atoms with Crippen LogP contribution >= 0.6 is 0 Å². The SMILES string of the molecule is C[C@H]1C[C@@H](n2c(N)nc3c(-c4ccc(OC(F)(F)F)cc4)c(N)ccc32)CC(C)(C)C1. The fourth-order valence-corrected chi connectivity index (χ4v) is 5.20. The molecule has 5 nitrogen and oxygen atoms in total. The fraction of sp³-hybridized carbons (Fsp3) is 0.435. The molecule has 0 bridgehead atoms. The Labute approximate surface area is 179 Å². The summed E-state index contributed by atoms with van der Waals surface area (Å²) in [6, 6.07) is 9.58. The normalized spacial score (nSPS) is 21.4. The van der Waals surface area contributed by atoms with Gasteiger partial charge in [0.2, 0.25) is 5.95 Å². The summed E-state index contributed by atoms with van der Waals surface area (Å²) in [4.78, 5) is 4.63. The average molecular weight is 432 g/mol. The highest BCUT2D eigenvalue weighted by Crippen LogP contribution is 2.46. The molecule has 4 N–H and O–H groups in total. The zero-order valence-electron chi connectivity index (χ0n) is 17.8. The summed E-state index contributed by atoms with van der Waals surface area (Å²) in [5.41, 5.74) is 16.2. The van der Waals surface area contributed by atoms with Gasteiger partial charge in [-0.3, -0.25) is 0 Å². The molecule has 1 aliphatic carbocycles. The molecule has 166 valence electrons. The molecule has 1 aliphatic rings. The minimum Gasteiger partial charge on any atom is -0.406 e. The van der Waals surface area contributed by atoms with Crippen molar-refractivity contribution in [3.63, 3.8) is 0 Å². The molecule has 0 spiro atoms. The van der Waals surface area contributed by atoms with Crippen molar-refractivity contribution in [2.75, 3.05) is 11.5 Å². The van der Waals surface area contributed by atoms with Crippen LogP contribution in [0.5, 0.6) is 5.75 Å². The van der Waals surface area contributed by atoms with Crippen molar-refractivity contribution in [3.05, 3.63) is 36.4 Å². The van der Waals surface area contributed by atoms with Crippen molar-refractivity contribution in [2.24, 2.45) is 11.3 Å². The van der Waals surface area contributed by atoms with Crippen molar-refractivity contribution >= 4 is 22.7 Å². The first-order valence-corrected chi connectivity index (χ1v) is 10.4. The Bertz CT molecular complexity index is 1100.